The predicted molar refractivity (Wildman–Crippen MR) is 73.5 cm³/mol. The Morgan fingerprint density at radius 2 is 1.65 bits per heavy atom. The summed E-state index contributed by atoms with van der Waals surface area (Å²) in [6.07, 6.45) is 8.48. The maximum atomic E-state index is 5.39. The molecule has 0 radical (unpaired) electrons. The summed E-state index contributed by atoms with van der Waals surface area (Å²) in [6, 6.07) is 0.880. The molecular weight excluding hydrogens is 230 g/mol. The molecule has 0 aromatic carbocycles. The molecule has 2 aliphatic carbocycles. The van der Waals surface area contributed by atoms with Gasteiger partial charge in [0, 0.05) is 36.8 Å². The van der Waals surface area contributed by atoms with Crippen LogP contribution in [0.3, 0.4) is 0 Å². The van der Waals surface area contributed by atoms with Crippen molar-refractivity contribution in [2.24, 2.45) is 11.8 Å². The molecule has 0 spiro atoms. The van der Waals surface area contributed by atoms with Gasteiger partial charge in [0.1, 0.15) is 0 Å². The molecule has 1 heterocycles. The fourth-order valence-electron chi connectivity index (χ4n) is 2.92. The highest BCUT2D eigenvalue weighted by Crippen LogP contribution is 2.44. The van der Waals surface area contributed by atoms with Gasteiger partial charge in [0.2, 0.25) is 0 Å². The zero-order chi connectivity index (χ0) is 11.5. The van der Waals surface area contributed by atoms with E-state index in [1.807, 2.05) is 0 Å². The molecule has 0 atom stereocenters. The Bertz CT molecular complexity index is 222. The molecule has 1 aliphatic heterocycles. The summed E-state index contributed by atoms with van der Waals surface area (Å²) in [5.41, 5.74) is 0. The van der Waals surface area contributed by atoms with Crippen LogP contribution in [0, 0.1) is 11.8 Å². The molecule has 3 fully saturated rings. The molecule has 3 rings (SSSR count). The number of thioether (sulfide) groups is 1. The maximum absolute atomic E-state index is 5.39. The second-order valence-corrected chi connectivity index (χ2v) is 7.25. The number of ether oxygens (including phenoxy) is 1. The Balaban J connectivity index is 1.28. The first-order valence-electron chi connectivity index (χ1n) is 7.36. The van der Waals surface area contributed by atoms with Gasteiger partial charge < -0.3 is 10.1 Å². The van der Waals surface area contributed by atoms with Crippen LogP contribution in [0.5, 0.6) is 0 Å². The van der Waals surface area contributed by atoms with Gasteiger partial charge in [-0.05, 0) is 50.4 Å². The molecule has 3 heteroatoms. The number of hydrogen-bond acceptors (Lipinski definition) is 3. The molecule has 0 amide bonds. The van der Waals surface area contributed by atoms with Crippen molar-refractivity contribution in [3.8, 4) is 0 Å². The van der Waals surface area contributed by atoms with Gasteiger partial charge in [0.15, 0.2) is 0 Å². The molecule has 0 aromatic heterocycles. The SMILES string of the molecule is C(CSC1CCOCC1)NC(C1CC1)C1CC1. The topological polar surface area (TPSA) is 21.3 Å². The van der Waals surface area contributed by atoms with Crippen LogP contribution in [-0.2, 0) is 4.74 Å². The molecule has 0 unspecified atom stereocenters. The quantitative estimate of drug-likeness (QED) is 0.707. The second-order valence-electron chi connectivity index (χ2n) is 5.84. The first kappa shape index (κ1) is 12.3. The fourth-order valence-corrected chi connectivity index (χ4v) is 4.02. The van der Waals surface area contributed by atoms with Crippen molar-refractivity contribution in [3.05, 3.63) is 0 Å². The minimum atomic E-state index is 0.867. The smallest absolute Gasteiger partial charge is 0.0476 e. The van der Waals surface area contributed by atoms with E-state index in [-0.39, 0.29) is 0 Å². The van der Waals surface area contributed by atoms with Crippen molar-refractivity contribution in [2.45, 2.75) is 49.8 Å². The standard InChI is InChI=1S/C14H25NOS/c1-2-11(1)14(12-3-4-12)15-7-10-17-13-5-8-16-9-6-13/h11-15H,1-10H2. The monoisotopic (exact) mass is 255 g/mol. The Labute approximate surface area is 109 Å². The second kappa shape index (κ2) is 5.94. The summed E-state index contributed by atoms with van der Waals surface area (Å²) in [4.78, 5) is 0. The Morgan fingerprint density at radius 1 is 1.00 bits per heavy atom. The number of hydrogen-bond donors (Lipinski definition) is 1. The van der Waals surface area contributed by atoms with Crippen molar-refractivity contribution in [3.63, 3.8) is 0 Å². The first-order chi connectivity index (χ1) is 8.43. The summed E-state index contributed by atoms with van der Waals surface area (Å²) >= 11 is 2.16. The zero-order valence-electron chi connectivity index (χ0n) is 10.7. The van der Waals surface area contributed by atoms with Crippen LogP contribution >= 0.6 is 11.8 Å². The summed E-state index contributed by atoms with van der Waals surface area (Å²) in [5, 5.41) is 4.70. The lowest BCUT2D eigenvalue weighted by atomic mass is 10.1. The van der Waals surface area contributed by atoms with Gasteiger partial charge in [0.25, 0.3) is 0 Å². The first-order valence-corrected chi connectivity index (χ1v) is 8.41. The van der Waals surface area contributed by atoms with Crippen LogP contribution in [0.1, 0.15) is 38.5 Å². The maximum Gasteiger partial charge on any atom is 0.0476 e. The molecule has 2 saturated carbocycles. The molecule has 0 aromatic rings. The van der Waals surface area contributed by atoms with E-state index in [1.165, 1.54) is 50.8 Å². The summed E-state index contributed by atoms with van der Waals surface area (Å²) < 4.78 is 5.39. The predicted octanol–water partition coefficient (Wildman–Crippen LogP) is 2.68. The van der Waals surface area contributed by atoms with Gasteiger partial charge >= 0.3 is 0 Å². The summed E-state index contributed by atoms with van der Waals surface area (Å²) in [5.74, 6) is 3.37. The average molecular weight is 255 g/mol. The van der Waals surface area contributed by atoms with Crippen molar-refractivity contribution < 1.29 is 4.74 Å². The van der Waals surface area contributed by atoms with E-state index in [0.717, 1.165) is 36.3 Å². The lowest BCUT2D eigenvalue weighted by molar-refractivity contribution is 0.100. The van der Waals surface area contributed by atoms with Crippen LogP contribution in [0.25, 0.3) is 0 Å². The third-order valence-corrected chi connectivity index (χ3v) is 5.65. The van der Waals surface area contributed by atoms with Gasteiger partial charge in [0.05, 0.1) is 0 Å². The average Bonchev–Trinajstić information content (AvgIpc) is 3.24. The van der Waals surface area contributed by atoms with Crippen molar-refractivity contribution >= 4 is 11.8 Å². The summed E-state index contributed by atoms with van der Waals surface area (Å²) in [7, 11) is 0. The largest absolute Gasteiger partial charge is 0.381 e. The van der Waals surface area contributed by atoms with E-state index >= 15 is 0 Å². The molecule has 1 N–H and O–H groups in total. The Hall–Kier alpha value is 0.270. The third-order valence-electron chi connectivity index (χ3n) is 4.26. The molecular formula is C14H25NOS. The third kappa shape index (κ3) is 3.87. The minimum Gasteiger partial charge on any atom is -0.381 e. The lowest BCUT2D eigenvalue weighted by Crippen LogP contribution is -2.35. The van der Waals surface area contributed by atoms with Crippen molar-refractivity contribution in [1.29, 1.82) is 0 Å². The zero-order valence-corrected chi connectivity index (χ0v) is 11.5. The van der Waals surface area contributed by atoms with Gasteiger partial charge in [-0.15, -0.1) is 0 Å². The van der Waals surface area contributed by atoms with Crippen LogP contribution in [-0.4, -0.2) is 36.8 Å². The van der Waals surface area contributed by atoms with E-state index in [4.69, 9.17) is 4.74 Å². The van der Waals surface area contributed by atoms with Gasteiger partial charge in [-0.1, -0.05) is 0 Å². The molecule has 0 bridgehead atoms. The summed E-state index contributed by atoms with van der Waals surface area (Å²) in [6.45, 7) is 3.19. The number of rotatable bonds is 7. The molecule has 17 heavy (non-hydrogen) atoms. The van der Waals surface area contributed by atoms with Gasteiger partial charge in [-0.25, -0.2) is 0 Å². The van der Waals surface area contributed by atoms with Crippen molar-refractivity contribution in [2.75, 3.05) is 25.5 Å². The highest BCUT2D eigenvalue weighted by molar-refractivity contribution is 7.99. The normalized spacial score (nSPS) is 26.6. The van der Waals surface area contributed by atoms with E-state index in [9.17, 15) is 0 Å². The highest BCUT2D eigenvalue weighted by Gasteiger charge is 2.40. The Morgan fingerprint density at radius 3 is 2.24 bits per heavy atom. The molecule has 1 saturated heterocycles. The van der Waals surface area contributed by atoms with Crippen LogP contribution < -0.4 is 5.32 Å². The lowest BCUT2D eigenvalue weighted by Gasteiger charge is -2.22. The fraction of sp³-hybridized carbons (Fsp3) is 1.00. The van der Waals surface area contributed by atoms with Crippen LogP contribution in [0.15, 0.2) is 0 Å². The molecule has 98 valence electrons. The number of nitrogens with one attached hydrogen (secondary N) is 1. The van der Waals surface area contributed by atoms with Crippen LogP contribution in [0.2, 0.25) is 0 Å². The van der Waals surface area contributed by atoms with E-state index in [0.29, 0.717) is 0 Å². The highest BCUT2D eigenvalue weighted by atomic mass is 32.2. The van der Waals surface area contributed by atoms with Crippen LogP contribution in [0.4, 0.5) is 0 Å². The van der Waals surface area contributed by atoms with Crippen molar-refractivity contribution in [1.82, 2.24) is 5.32 Å². The van der Waals surface area contributed by atoms with E-state index < -0.39 is 0 Å². The Kier molecular flexibility index (Phi) is 4.30. The van der Waals surface area contributed by atoms with Gasteiger partial charge in [-0.3, -0.25) is 0 Å². The molecule has 3 aliphatic rings. The minimum absolute atomic E-state index is 0.867. The van der Waals surface area contributed by atoms with E-state index in [2.05, 4.69) is 17.1 Å². The van der Waals surface area contributed by atoms with Gasteiger partial charge in [-0.2, -0.15) is 11.8 Å². The van der Waals surface area contributed by atoms with E-state index in [1.54, 1.807) is 0 Å². The molecule has 2 nitrogen and oxygen atoms in total.